The number of aryl methyl sites for hydroxylation is 3. The molecule has 0 saturated heterocycles. The van der Waals surface area contributed by atoms with E-state index in [4.69, 9.17) is 4.42 Å². The van der Waals surface area contributed by atoms with Crippen molar-refractivity contribution in [3.8, 4) is 0 Å². The van der Waals surface area contributed by atoms with E-state index in [1.54, 1.807) is 4.68 Å². The fourth-order valence-electron chi connectivity index (χ4n) is 2.13. The number of hydrogen-bond donors (Lipinski definition) is 0. The minimum Gasteiger partial charge on any atom is -0.464 e. The minimum absolute atomic E-state index is 0.605. The molecule has 2 aromatic heterocycles. The van der Waals surface area contributed by atoms with Crippen molar-refractivity contribution in [3.05, 3.63) is 34.9 Å². The molecule has 0 atom stereocenters. The van der Waals surface area contributed by atoms with Gasteiger partial charge in [-0.2, -0.15) is 5.10 Å². The summed E-state index contributed by atoms with van der Waals surface area (Å²) in [7, 11) is 3.75. The summed E-state index contributed by atoms with van der Waals surface area (Å²) in [6, 6.07) is 3.87. The molecule has 5 nitrogen and oxygen atoms in total. The zero-order valence-corrected chi connectivity index (χ0v) is 11.1. The first-order chi connectivity index (χ1) is 8.52. The predicted octanol–water partition coefficient (Wildman–Crippen LogP) is 2.08. The Hall–Kier alpha value is -2.04. The summed E-state index contributed by atoms with van der Waals surface area (Å²) in [5, 5.41) is 4.26. The summed E-state index contributed by atoms with van der Waals surface area (Å²) < 4.78 is 7.25. The van der Waals surface area contributed by atoms with Gasteiger partial charge in [-0.3, -0.25) is 9.48 Å². The van der Waals surface area contributed by atoms with Crippen molar-refractivity contribution in [1.82, 2.24) is 9.78 Å². The Bertz CT molecular complexity index is 569. The molecule has 2 rings (SSSR count). The van der Waals surface area contributed by atoms with Gasteiger partial charge in [-0.1, -0.05) is 0 Å². The first-order valence-electron chi connectivity index (χ1n) is 5.78. The molecule has 18 heavy (non-hydrogen) atoms. The van der Waals surface area contributed by atoms with Crippen LogP contribution in [0.5, 0.6) is 0 Å². The zero-order chi connectivity index (χ0) is 13.3. The molecular formula is C13H17N3O2. The summed E-state index contributed by atoms with van der Waals surface area (Å²) in [6.45, 7) is 4.35. The van der Waals surface area contributed by atoms with Crippen LogP contribution in [0.4, 0.5) is 5.82 Å². The van der Waals surface area contributed by atoms with Gasteiger partial charge in [-0.15, -0.1) is 0 Å². The van der Waals surface area contributed by atoms with Gasteiger partial charge in [0.15, 0.2) is 6.29 Å². The molecule has 96 valence electrons. The fraction of sp³-hybridized carbons (Fsp3) is 0.385. The Morgan fingerprint density at radius 3 is 2.72 bits per heavy atom. The highest BCUT2D eigenvalue weighted by atomic mass is 16.3. The van der Waals surface area contributed by atoms with Gasteiger partial charge in [0, 0.05) is 14.1 Å². The third kappa shape index (κ3) is 2.16. The lowest BCUT2D eigenvalue weighted by molar-refractivity contribution is 0.112. The van der Waals surface area contributed by atoms with Gasteiger partial charge >= 0.3 is 0 Å². The maximum atomic E-state index is 11.1. The second-order valence-electron chi connectivity index (χ2n) is 4.43. The monoisotopic (exact) mass is 247 g/mol. The molecule has 0 N–H and O–H groups in total. The second-order valence-corrected chi connectivity index (χ2v) is 4.43. The van der Waals surface area contributed by atoms with E-state index in [0.29, 0.717) is 12.1 Å². The normalized spacial score (nSPS) is 10.7. The van der Waals surface area contributed by atoms with Gasteiger partial charge in [-0.05, 0) is 26.0 Å². The average molecular weight is 247 g/mol. The van der Waals surface area contributed by atoms with Gasteiger partial charge in [-0.25, -0.2) is 0 Å². The highest BCUT2D eigenvalue weighted by molar-refractivity contribution is 5.84. The van der Waals surface area contributed by atoms with E-state index in [1.807, 2.05) is 45.0 Å². The topological polar surface area (TPSA) is 51.3 Å². The van der Waals surface area contributed by atoms with E-state index < -0.39 is 0 Å². The summed E-state index contributed by atoms with van der Waals surface area (Å²) >= 11 is 0. The average Bonchev–Trinajstić information content (AvgIpc) is 2.82. The predicted molar refractivity (Wildman–Crippen MR) is 68.9 cm³/mol. The van der Waals surface area contributed by atoms with Crippen molar-refractivity contribution in [2.45, 2.75) is 20.4 Å². The molecule has 0 aliphatic carbocycles. The Morgan fingerprint density at radius 2 is 2.17 bits per heavy atom. The molecule has 0 fully saturated rings. The Labute approximate surface area is 106 Å². The standard InChI is InChI=1S/C13H17N3O2/c1-9-5-6-11(18-9)7-15(3)13-12(8-17)10(2)14-16(13)4/h5-6,8H,7H2,1-4H3. The van der Waals surface area contributed by atoms with Crippen molar-refractivity contribution < 1.29 is 9.21 Å². The number of carbonyl (C=O) groups excluding carboxylic acids is 1. The minimum atomic E-state index is 0.605. The summed E-state index contributed by atoms with van der Waals surface area (Å²) in [5.74, 6) is 2.55. The van der Waals surface area contributed by atoms with E-state index >= 15 is 0 Å². The maximum Gasteiger partial charge on any atom is 0.155 e. The van der Waals surface area contributed by atoms with Crippen LogP contribution in [0.2, 0.25) is 0 Å². The molecule has 0 spiro atoms. The number of rotatable bonds is 4. The quantitative estimate of drug-likeness (QED) is 0.776. The molecule has 2 heterocycles. The SMILES string of the molecule is Cc1ccc(CN(C)c2c(C=O)c(C)nn2C)o1. The highest BCUT2D eigenvalue weighted by Gasteiger charge is 2.17. The van der Waals surface area contributed by atoms with Gasteiger partial charge in [0.05, 0.1) is 17.8 Å². The van der Waals surface area contributed by atoms with Gasteiger partial charge in [0.25, 0.3) is 0 Å². The van der Waals surface area contributed by atoms with Crippen molar-refractivity contribution in [2.75, 3.05) is 11.9 Å². The third-order valence-electron chi connectivity index (χ3n) is 2.91. The van der Waals surface area contributed by atoms with E-state index in [0.717, 1.165) is 29.3 Å². The molecule has 0 amide bonds. The molecule has 0 bridgehead atoms. The Balaban J connectivity index is 2.28. The van der Waals surface area contributed by atoms with Crippen LogP contribution in [0.1, 0.15) is 27.6 Å². The van der Waals surface area contributed by atoms with Crippen molar-refractivity contribution >= 4 is 12.1 Å². The number of anilines is 1. The molecular weight excluding hydrogens is 230 g/mol. The van der Waals surface area contributed by atoms with Crippen molar-refractivity contribution in [1.29, 1.82) is 0 Å². The number of aromatic nitrogens is 2. The molecule has 2 aromatic rings. The van der Waals surface area contributed by atoms with Gasteiger partial charge in [0.1, 0.15) is 17.3 Å². The van der Waals surface area contributed by atoms with E-state index in [9.17, 15) is 4.79 Å². The fourth-order valence-corrected chi connectivity index (χ4v) is 2.13. The van der Waals surface area contributed by atoms with Crippen LogP contribution in [0, 0.1) is 13.8 Å². The summed E-state index contributed by atoms with van der Waals surface area (Å²) in [5.41, 5.74) is 1.37. The van der Waals surface area contributed by atoms with E-state index in [2.05, 4.69) is 5.10 Å². The van der Waals surface area contributed by atoms with Crippen LogP contribution in [-0.4, -0.2) is 23.1 Å². The van der Waals surface area contributed by atoms with Crippen LogP contribution in [-0.2, 0) is 13.6 Å². The number of nitrogens with zero attached hydrogens (tertiary/aromatic N) is 3. The van der Waals surface area contributed by atoms with Crippen molar-refractivity contribution in [3.63, 3.8) is 0 Å². The molecule has 0 aliphatic rings. The first kappa shape index (κ1) is 12.4. The zero-order valence-electron chi connectivity index (χ0n) is 11.1. The second kappa shape index (κ2) is 4.68. The van der Waals surface area contributed by atoms with Gasteiger partial charge < -0.3 is 9.32 Å². The van der Waals surface area contributed by atoms with Gasteiger partial charge in [0.2, 0.25) is 0 Å². The number of furan rings is 1. The molecule has 0 unspecified atom stereocenters. The maximum absolute atomic E-state index is 11.1. The lowest BCUT2D eigenvalue weighted by Gasteiger charge is -2.18. The summed E-state index contributed by atoms with van der Waals surface area (Å²) in [4.78, 5) is 13.1. The smallest absolute Gasteiger partial charge is 0.155 e. The largest absolute Gasteiger partial charge is 0.464 e. The van der Waals surface area contributed by atoms with Crippen molar-refractivity contribution in [2.24, 2.45) is 7.05 Å². The lowest BCUT2D eigenvalue weighted by Crippen LogP contribution is -2.20. The Kier molecular flexibility index (Phi) is 3.23. The van der Waals surface area contributed by atoms with Crippen LogP contribution in [0.15, 0.2) is 16.5 Å². The number of hydrogen-bond acceptors (Lipinski definition) is 4. The number of carbonyl (C=O) groups is 1. The molecule has 0 aromatic carbocycles. The summed E-state index contributed by atoms with van der Waals surface area (Å²) in [6.07, 6.45) is 0.849. The molecule has 0 saturated carbocycles. The Morgan fingerprint density at radius 1 is 1.44 bits per heavy atom. The first-order valence-corrected chi connectivity index (χ1v) is 5.78. The van der Waals surface area contributed by atoms with Crippen LogP contribution in [0.25, 0.3) is 0 Å². The third-order valence-corrected chi connectivity index (χ3v) is 2.91. The lowest BCUT2D eigenvalue weighted by atomic mass is 10.2. The molecule has 0 radical (unpaired) electrons. The van der Waals surface area contributed by atoms with Crippen LogP contribution >= 0.6 is 0 Å². The molecule has 0 aliphatic heterocycles. The van der Waals surface area contributed by atoms with Crippen LogP contribution < -0.4 is 4.90 Å². The highest BCUT2D eigenvalue weighted by Crippen LogP contribution is 2.22. The number of aldehydes is 1. The van der Waals surface area contributed by atoms with E-state index in [1.165, 1.54) is 0 Å². The van der Waals surface area contributed by atoms with E-state index in [-0.39, 0.29) is 0 Å². The van der Waals surface area contributed by atoms with Crippen LogP contribution in [0.3, 0.4) is 0 Å². The molecule has 5 heteroatoms.